The molecular formula is C20H28N2O2. The number of rotatable bonds is 9. The maximum Gasteiger partial charge on any atom is 0.220 e. The molecule has 0 aromatic heterocycles. The van der Waals surface area contributed by atoms with Crippen molar-refractivity contribution in [3.8, 4) is 0 Å². The van der Waals surface area contributed by atoms with Gasteiger partial charge >= 0.3 is 0 Å². The van der Waals surface area contributed by atoms with Gasteiger partial charge in [0.1, 0.15) is 0 Å². The van der Waals surface area contributed by atoms with E-state index in [0.717, 1.165) is 0 Å². The maximum absolute atomic E-state index is 12.2. The van der Waals surface area contributed by atoms with E-state index in [1.807, 2.05) is 18.2 Å². The van der Waals surface area contributed by atoms with E-state index in [1.165, 1.54) is 31.2 Å². The molecule has 0 saturated heterocycles. The van der Waals surface area contributed by atoms with Crippen molar-refractivity contribution in [1.82, 2.24) is 10.6 Å². The van der Waals surface area contributed by atoms with E-state index in [4.69, 9.17) is 0 Å². The van der Waals surface area contributed by atoms with E-state index in [-0.39, 0.29) is 23.8 Å². The van der Waals surface area contributed by atoms with E-state index in [9.17, 15) is 9.59 Å². The minimum absolute atomic E-state index is 0.0678. The molecule has 0 spiro atoms. The lowest BCUT2D eigenvalue weighted by atomic mass is 9.93. The third-order valence-corrected chi connectivity index (χ3v) is 5.14. The Morgan fingerprint density at radius 1 is 1.00 bits per heavy atom. The standard InChI is InChI=1S/C20H28N2O2/c1-14(17-5-3-2-4-6-17)18(22-20(24)12-16-9-10-16)13-21-19(23)11-15-7-8-15/h2-6,14-16,18H,7-13H2,1H3,(H,21,23)(H,22,24)/t14-,18-/m1/s1. The van der Waals surface area contributed by atoms with Crippen LogP contribution in [-0.4, -0.2) is 24.4 Å². The Hall–Kier alpha value is -1.84. The summed E-state index contributed by atoms with van der Waals surface area (Å²) < 4.78 is 0. The van der Waals surface area contributed by atoms with Gasteiger partial charge in [0.25, 0.3) is 0 Å². The van der Waals surface area contributed by atoms with Crippen molar-refractivity contribution in [3.05, 3.63) is 35.9 Å². The molecule has 4 nitrogen and oxygen atoms in total. The molecule has 4 heteroatoms. The number of benzene rings is 1. The number of carbonyl (C=O) groups excluding carboxylic acids is 2. The molecule has 0 heterocycles. The first kappa shape index (κ1) is 17.0. The van der Waals surface area contributed by atoms with Gasteiger partial charge in [0.15, 0.2) is 0 Å². The van der Waals surface area contributed by atoms with Crippen molar-refractivity contribution in [2.24, 2.45) is 11.8 Å². The smallest absolute Gasteiger partial charge is 0.220 e. The predicted octanol–water partition coefficient (Wildman–Crippen LogP) is 2.99. The molecule has 0 bridgehead atoms. The molecule has 0 radical (unpaired) electrons. The molecule has 1 aromatic rings. The molecule has 0 unspecified atom stereocenters. The Morgan fingerprint density at radius 2 is 1.58 bits per heavy atom. The van der Waals surface area contributed by atoms with Crippen molar-refractivity contribution < 1.29 is 9.59 Å². The van der Waals surface area contributed by atoms with Gasteiger partial charge in [-0.25, -0.2) is 0 Å². The minimum Gasteiger partial charge on any atom is -0.354 e. The summed E-state index contributed by atoms with van der Waals surface area (Å²) in [5.74, 6) is 1.54. The fraction of sp³-hybridized carbons (Fsp3) is 0.600. The highest BCUT2D eigenvalue weighted by Crippen LogP contribution is 2.33. The summed E-state index contributed by atoms with van der Waals surface area (Å²) in [5.41, 5.74) is 1.19. The summed E-state index contributed by atoms with van der Waals surface area (Å²) in [7, 11) is 0. The van der Waals surface area contributed by atoms with E-state index < -0.39 is 0 Å². The largest absolute Gasteiger partial charge is 0.354 e. The summed E-state index contributed by atoms with van der Waals surface area (Å²) in [5, 5.41) is 6.18. The van der Waals surface area contributed by atoms with Crippen LogP contribution in [0, 0.1) is 11.8 Å². The van der Waals surface area contributed by atoms with Crippen LogP contribution in [0.5, 0.6) is 0 Å². The summed E-state index contributed by atoms with van der Waals surface area (Å²) in [4.78, 5) is 24.3. The Balaban J connectivity index is 1.57. The minimum atomic E-state index is -0.0678. The zero-order chi connectivity index (χ0) is 16.9. The second-order valence-electron chi connectivity index (χ2n) is 7.47. The number of hydrogen-bond donors (Lipinski definition) is 2. The zero-order valence-corrected chi connectivity index (χ0v) is 14.5. The quantitative estimate of drug-likeness (QED) is 0.732. The van der Waals surface area contributed by atoms with Gasteiger partial charge in [-0.1, -0.05) is 37.3 Å². The molecule has 3 rings (SSSR count). The average molecular weight is 328 g/mol. The molecule has 24 heavy (non-hydrogen) atoms. The maximum atomic E-state index is 12.2. The molecule has 2 N–H and O–H groups in total. The summed E-state index contributed by atoms with van der Waals surface area (Å²) in [6, 6.07) is 10.1. The van der Waals surface area contributed by atoms with Crippen molar-refractivity contribution in [2.75, 3.05) is 6.54 Å². The van der Waals surface area contributed by atoms with Crippen LogP contribution < -0.4 is 10.6 Å². The average Bonchev–Trinajstić information content (AvgIpc) is 3.49. The number of amides is 2. The Bertz CT molecular complexity index is 564. The van der Waals surface area contributed by atoms with Gasteiger partial charge in [-0.3, -0.25) is 9.59 Å². The molecule has 130 valence electrons. The highest BCUT2D eigenvalue weighted by Gasteiger charge is 2.28. The first-order chi connectivity index (χ1) is 11.6. The Kier molecular flexibility index (Phi) is 5.54. The second kappa shape index (κ2) is 7.82. The first-order valence-corrected chi connectivity index (χ1v) is 9.23. The highest BCUT2D eigenvalue weighted by atomic mass is 16.2. The highest BCUT2D eigenvalue weighted by molar-refractivity contribution is 5.78. The number of nitrogens with one attached hydrogen (secondary N) is 2. The van der Waals surface area contributed by atoms with Gasteiger partial charge < -0.3 is 10.6 Å². The molecule has 2 saturated carbocycles. The van der Waals surface area contributed by atoms with Gasteiger partial charge in [-0.2, -0.15) is 0 Å². The van der Waals surface area contributed by atoms with Crippen molar-refractivity contribution in [1.29, 1.82) is 0 Å². The first-order valence-electron chi connectivity index (χ1n) is 9.23. The van der Waals surface area contributed by atoms with E-state index in [1.54, 1.807) is 0 Å². The summed E-state index contributed by atoms with van der Waals surface area (Å²) in [6.45, 7) is 2.61. The van der Waals surface area contributed by atoms with Crippen LogP contribution in [0.3, 0.4) is 0 Å². The lowest BCUT2D eigenvalue weighted by Gasteiger charge is -2.26. The van der Waals surface area contributed by atoms with Crippen LogP contribution in [-0.2, 0) is 9.59 Å². The molecule has 0 aliphatic heterocycles. The molecule has 2 amide bonds. The Labute approximate surface area is 144 Å². The Morgan fingerprint density at radius 3 is 2.17 bits per heavy atom. The van der Waals surface area contributed by atoms with Gasteiger partial charge in [0.2, 0.25) is 11.8 Å². The van der Waals surface area contributed by atoms with E-state index >= 15 is 0 Å². The predicted molar refractivity (Wildman–Crippen MR) is 94.5 cm³/mol. The lowest BCUT2D eigenvalue weighted by molar-refractivity contribution is -0.124. The fourth-order valence-corrected chi connectivity index (χ4v) is 3.07. The van der Waals surface area contributed by atoms with E-state index in [2.05, 4.69) is 29.7 Å². The van der Waals surface area contributed by atoms with Crippen molar-refractivity contribution in [2.45, 2.75) is 57.4 Å². The molecule has 2 aliphatic rings. The van der Waals surface area contributed by atoms with Gasteiger partial charge in [-0.05, 0) is 43.1 Å². The van der Waals surface area contributed by atoms with Crippen LogP contribution in [0.15, 0.2) is 30.3 Å². The second-order valence-corrected chi connectivity index (χ2v) is 7.47. The number of hydrogen-bond acceptors (Lipinski definition) is 2. The van der Waals surface area contributed by atoms with Gasteiger partial charge in [0, 0.05) is 25.3 Å². The lowest BCUT2D eigenvalue weighted by Crippen LogP contribution is -2.46. The van der Waals surface area contributed by atoms with Crippen LogP contribution in [0.25, 0.3) is 0 Å². The molecule has 2 aliphatic carbocycles. The van der Waals surface area contributed by atoms with Gasteiger partial charge in [0.05, 0.1) is 6.04 Å². The molecule has 2 atom stereocenters. The monoisotopic (exact) mass is 328 g/mol. The third-order valence-electron chi connectivity index (χ3n) is 5.14. The molecule has 2 fully saturated rings. The molecule has 1 aromatic carbocycles. The summed E-state index contributed by atoms with van der Waals surface area (Å²) >= 11 is 0. The normalized spacial score (nSPS) is 19.4. The van der Waals surface area contributed by atoms with E-state index in [0.29, 0.717) is 31.2 Å². The molecular weight excluding hydrogens is 300 g/mol. The van der Waals surface area contributed by atoms with Crippen molar-refractivity contribution >= 4 is 11.8 Å². The van der Waals surface area contributed by atoms with Crippen LogP contribution >= 0.6 is 0 Å². The van der Waals surface area contributed by atoms with Crippen LogP contribution in [0.4, 0.5) is 0 Å². The van der Waals surface area contributed by atoms with Crippen LogP contribution in [0.2, 0.25) is 0 Å². The fourth-order valence-electron chi connectivity index (χ4n) is 3.07. The SMILES string of the molecule is C[C@H](c1ccccc1)[C@@H](CNC(=O)CC1CC1)NC(=O)CC1CC1. The summed E-state index contributed by atoms with van der Waals surface area (Å²) in [6.07, 6.45) is 5.94. The van der Waals surface area contributed by atoms with Crippen molar-refractivity contribution in [3.63, 3.8) is 0 Å². The van der Waals surface area contributed by atoms with Gasteiger partial charge in [-0.15, -0.1) is 0 Å². The number of carbonyl (C=O) groups is 2. The topological polar surface area (TPSA) is 58.2 Å². The third kappa shape index (κ3) is 5.36. The van der Waals surface area contributed by atoms with Crippen LogP contribution in [0.1, 0.15) is 56.9 Å². The zero-order valence-electron chi connectivity index (χ0n) is 14.5.